The summed E-state index contributed by atoms with van der Waals surface area (Å²) in [4.78, 5) is 18.0. The second kappa shape index (κ2) is 8.61. The summed E-state index contributed by atoms with van der Waals surface area (Å²) in [6, 6.07) is 13.7. The van der Waals surface area contributed by atoms with Crippen LogP contribution in [0.25, 0.3) is 15.3 Å². The van der Waals surface area contributed by atoms with Crippen molar-refractivity contribution in [2.45, 2.75) is 44.0 Å². The highest BCUT2D eigenvalue weighted by molar-refractivity contribution is 7.89. The van der Waals surface area contributed by atoms with Crippen molar-refractivity contribution in [3.8, 4) is 5.13 Å². The van der Waals surface area contributed by atoms with Crippen LogP contribution in [0.3, 0.4) is 0 Å². The van der Waals surface area contributed by atoms with Crippen molar-refractivity contribution in [1.82, 2.24) is 19.1 Å². The van der Waals surface area contributed by atoms with E-state index in [1.807, 2.05) is 38.1 Å². The smallest absolute Gasteiger partial charge is 0.256 e. The van der Waals surface area contributed by atoms with Crippen molar-refractivity contribution in [1.29, 1.82) is 0 Å². The Morgan fingerprint density at radius 3 is 2.56 bits per heavy atom. The van der Waals surface area contributed by atoms with Gasteiger partial charge in [0.25, 0.3) is 5.91 Å². The van der Waals surface area contributed by atoms with Crippen LogP contribution in [-0.2, 0) is 22.9 Å². The fourth-order valence-corrected chi connectivity index (χ4v) is 6.30. The number of carbonyl (C=O) groups excluding carboxylic acids is 1. The van der Waals surface area contributed by atoms with Gasteiger partial charge in [-0.05, 0) is 69.5 Å². The lowest BCUT2D eigenvalue weighted by Crippen LogP contribution is -2.33. The summed E-state index contributed by atoms with van der Waals surface area (Å²) >= 11 is 1.52. The molecule has 0 fully saturated rings. The second-order valence-electron chi connectivity index (χ2n) is 8.60. The highest BCUT2D eigenvalue weighted by Crippen LogP contribution is 2.34. The molecule has 4 aromatic rings. The van der Waals surface area contributed by atoms with Crippen LogP contribution in [0.4, 0.5) is 5.82 Å². The molecular formula is C24H25N5O3S2. The zero-order valence-electron chi connectivity index (χ0n) is 19.1. The number of sulfonamides is 1. The third-order valence-electron chi connectivity index (χ3n) is 6.12. The number of hydrogen-bond acceptors (Lipinski definition) is 6. The Morgan fingerprint density at radius 1 is 1.12 bits per heavy atom. The molecule has 0 saturated heterocycles. The summed E-state index contributed by atoms with van der Waals surface area (Å²) in [5, 5.41) is 8.47. The molecule has 2 aromatic heterocycles. The van der Waals surface area contributed by atoms with Crippen molar-refractivity contribution in [2.24, 2.45) is 0 Å². The number of anilines is 1. The Labute approximate surface area is 202 Å². The highest BCUT2D eigenvalue weighted by atomic mass is 32.2. The van der Waals surface area contributed by atoms with Gasteiger partial charge < -0.3 is 5.32 Å². The van der Waals surface area contributed by atoms with E-state index in [0.717, 1.165) is 40.7 Å². The van der Waals surface area contributed by atoms with Crippen molar-refractivity contribution >= 4 is 43.3 Å². The van der Waals surface area contributed by atoms with E-state index < -0.39 is 10.0 Å². The molecule has 1 N–H and O–H groups in total. The summed E-state index contributed by atoms with van der Waals surface area (Å²) in [6.07, 6.45) is 2.71. The predicted octanol–water partition coefficient (Wildman–Crippen LogP) is 4.25. The molecule has 0 spiro atoms. The van der Waals surface area contributed by atoms with E-state index in [1.54, 1.807) is 11.7 Å². The topological polar surface area (TPSA) is 97.2 Å². The molecule has 2 heterocycles. The van der Waals surface area contributed by atoms with Crippen LogP contribution < -0.4 is 5.32 Å². The Hall–Kier alpha value is -3.08. The second-order valence-corrected chi connectivity index (χ2v) is 11.6. The van der Waals surface area contributed by atoms with Gasteiger partial charge in [-0.25, -0.2) is 13.4 Å². The molecule has 10 heteroatoms. The lowest BCUT2D eigenvalue weighted by Gasteiger charge is -2.21. The maximum atomic E-state index is 13.1. The minimum atomic E-state index is -3.61. The predicted molar refractivity (Wildman–Crippen MR) is 133 cm³/mol. The van der Waals surface area contributed by atoms with Gasteiger partial charge in [0.15, 0.2) is 0 Å². The van der Waals surface area contributed by atoms with Gasteiger partial charge in [-0.2, -0.15) is 14.1 Å². The van der Waals surface area contributed by atoms with Crippen LogP contribution in [0.1, 0.15) is 41.9 Å². The Bertz CT molecular complexity index is 1450. The molecule has 8 nitrogen and oxygen atoms in total. The molecule has 2 aromatic carbocycles. The van der Waals surface area contributed by atoms with E-state index in [2.05, 4.69) is 5.32 Å². The number of aromatic nitrogens is 3. The molecule has 5 rings (SSSR count). The van der Waals surface area contributed by atoms with Crippen molar-refractivity contribution < 1.29 is 13.2 Å². The number of rotatable bonds is 6. The number of benzene rings is 2. The van der Waals surface area contributed by atoms with E-state index >= 15 is 0 Å². The summed E-state index contributed by atoms with van der Waals surface area (Å²) in [5.74, 6) is 0.311. The number of nitrogens with zero attached hydrogens (tertiary/aromatic N) is 4. The van der Waals surface area contributed by atoms with Crippen LogP contribution in [0, 0.1) is 0 Å². The van der Waals surface area contributed by atoms with Crippen LogP contribution in [0.2, 0.25) is 0 Å². The fraction of sp³-hybridized carbons (Fsp3) is 0.292. The summed E-state index contributed by atoms with van der Waals surface area (Å²) in [6.45, 7) is 3.62. The molecule has 0 saturated carbocycles. The Balaban J connectivity index is 1.45. The lowest BCUT2D eigenvalue weighted by atomic mass is 10.2. The van der Waals surface area contributed by atoms with E-state index in [-0.39, 0.29) is 16.8 Å². The summed E-state index contributed by atoms with van der Waals surface area (Å²) in [7, 11) is -2.07. The third kappa shape index (κ3) is 3.91. The fourth-order valence-electron chi connectivity index (χ4n) is 4.01. The SMILES string of the molecule is CC(C)N(C)S(=O)(=O)c1ccc(C(=O)Nc2c3c(nn2-c2nc4ccccc4s2)CCC3)cc1. The van der Waals surface area contributed by atoms with Gasteiger partial charge in [0.2, 0.25) is 15.2 Å². The monoisotopic (exact) mass is 495 g/mol. The van der Waals surface area contributed by atoms with Crippen LogP contribution in [-0.4, -0.2) is 46.5 Å². The zero-order valence-corrected chi connectivity index (χ0v) is 20.8. The standard InChI is InChI=1S/C24H25N5O3S2/c1-15(2)28(3)34(31,32)17-13-11-16(12-14-17)23(30)26-22-18-7-6-9-19(18)27-29(22)24-25-20-8-4-5-10-21(20)33-24/h4-5,8,10-15H,6-7,9H2,1-3H3,(H,26,30). The maximum Gasteiger partial charge on any atom is 0.256 e. The first kappa shape index (κ1) is 22.7. The lowest BCUT2D eigenvalue weighted by molar-refractivity contribution is 0.102. The summed E-state index contributed by atoms with van der Waals surface area (Å²) in [5.41, 5.74) is 3.27. The number of amides is 1. The van der Waals surface area contributed by atoms with Crippen LogP contribution in [0.15, 0.2) is 53.4 Å². The van der Waals surface area contributed by atoms with Gasteiger partial charge in [-0.1, -0.05) is 23.5 Å². The zero-order chi connectivity index (χ0) is 24.0. The minimum Gasteiger partial charge on any atom is -0.306 e. The molecule has 0 bridgehead atoms. The van der Waals surface area contributed by atoms with Crippen molar-refractivity contribution in [3.63, 3.8) is 0 Å². The van der Waals surface area contributed by atoms with E-state index in [0.29, 0.717) is 16.5 Å². The van der Waals surface area contributed by atoms with E-state index in [4.69, 9.17) is 10.1 Å². The number of para-hydroxylation sites is 1. The largest absolute Gasteiger partial charge is 0.306 e. The van der Waals surface area contributed by atoms with Crippen LogP contribution >= 0.6 is 11.3 Å². The number of aryl methyl sites for hydroxylation is 1. The number of thiazole rings is 1. The van der Waals surface area contributed by atoms with Gasteiger partial charge in [0.1, 0.15) is 5.82 Å². The molecule has 1 amide bonds. The molecule has 0 atom stereocenters. The molecule has 1 aliphatic rings. The third-order valence-corrected chi connectivity index (χ3v) is 9.18. The molecular weight excluding hydrogens is 470 g/mol. The molecule has 0 unspecified atom stereocenters. The molecule has 176 valence electrons. The van der Waals surface area contributed by atoms with Gasteiger partial charge in [0, 0.05) is 24.2 Å². The molecule has 34 heavy (non-hydrogen) atoms. The van der Waals surface area contributed by atoms with Crippen molar-refractivity contribution in [3.05, 3.63) is 65.4 Å². The van der Waals surface area contributed by atoms with Gasteiger partial charge in [-0.3, -0.25) is 4.79 Å². The number of fused-ring (bicyclic) bond motifs is 2. The normalized spacial score (nSPS) is 13.7. The number of hydrogen-bond donors (Lipinski definition) is 1. The van der Waals surface area contributed by atoms with E-state index in [9.17, 15) is 13.2 Å². The molecule has 1 aliphatic carbocycles. The minimum absolute atomic E-state index is 0.153. The molecule has 0 radical (unpaired) electrons. The average molecular weight is 496 g/mol. The highest BCUT2D eigenvalue weighted by Gasteiger charge is 2.27. The average Bonchev–Trinajstić information content (AvgIpc) is 3.53. The van der Waals surface area contributed by atoms with Gasteiger partial charge >= 0.3 is 0 Å². The Morgan fingerprint density at radius 2 is 1.85 bits per heavy atom. The van der Waals surface area contributed by atoms with Crippen LogP contribution in [0.5, 0.6) is 0 Å². The first-order chi connectivity index (χ1) is 16.3. The number of nitrogens with one attached hydrogen (secondary N) is 1. The van der Waals surface area contributed by atoms with Crippen molar-refractivity contribution in [2.75, 3.05) is 12.4 Å². The van der Waals surface area contributed by atoms with E-state index in [1.165, 1.54) is 39.9 Å². The Kier molecular flexibility index (Phi) is 5.75. The first-order valence-corrected chi connectivity index (χ1v) is 13.4. The number of carbonyl (C=O) groups is 1. The first-order valence-electron chi connectivity index (χ1n) is 11.1. The maximum absolute atomic E-state index is 13.1. The van der Waals surface area contributed by atoms with Gasteiger partial charge in [0.05, 0.1) is 20.8 Å². The van der Waals surface area contributed by atoms with Gasteiger partial charge in [-0.15, -0.1) is 0 Å². The quantitative estimate of drug-likeness (QED) is 0.431. The summed E-state index contributed by atoms with van der Waals surface area (Å²) < 4.78 is 29.5. The molecule has 0 aliphatic heterocycles.